The van der Waals surface area contributed by atoms with Gasteiger partial charge < -0.3 is 40.7 Å². The predicted molar refractivity (Wildman–Crippen MR) is 238 cm³/mol. The third-order valence-electron chi connectivity index (χ3n) is 12.5. The minimum atomic E-state index is -0.917. The Morgan fingerprint density at radius 3 is 2.34 bits per heavy atom. The van der Waals surface area contributed by atoms with E-state index in [4.69, 9.17) is 0 Å². The van der Waals surface area contributed by atoms with Crippen molar-refractivity contribution in [2.45, 2.75) is 70.1 Å². The number of carbonyl (C=O) groups excluding carboxylic acids is 2. The molecule has 0 radical (unpaired) electrons. The van der Waals surface area contributed by atoms with Crippen molar-refractivity contribution in [3.05, 3.63) is 125 Å². The minimum Gasteiger partial charge on any atom is -0.506 e. The number of rotatable bonds is 17. The highest BCUT2D eigenvalue weighted by Crippen LogP contribution is 2.52. The van der Waals surface area contributed by atoms with Crippen molar-refractivity contribution in [2.75, 3.05) is 50.0 Å². The van der Waals surface area contributed by atoms with E-state index in [-0.39, 0.29) is 41.1 Å². The molecule has 13 heteroatoms. The van der Waals surface area contributed by atoms with Crippen LogP contribution < -0.4 is 21.1 Å². The average molecular weight is 829 g/mol. The van der Waals surface area contributed by atoms with E-state index in [0.29, 0.717) is 61.1 Å². The molecule has 4 aromatic carbocycles. The summed E-state index contributed by atoms with van der Waals surface area (Å²) in [6, 6.07) is 31.2. The summed E-state index contributed by atoms with van der Waals surface area (Å²) in [7, 11) is 1.82. The number of pyridine rings is 1. The normalized spacial score (nSPS) is 15.6. The van der Waals surface area contributed by atoms with Gasteiger partial charge in [-0.1, -0.05) is 66.7 Å². The Kier molecular flexibility index (Phi) is 13.8. The van der Waals surface area contributed by atoms with E-state index in [1.807, 2.05) is 85.9 Å². The highest BCUT2D eigenvalue weighted by Gasteiger charge is 2.49. The van der Waals surface area contributed by atoms with E-state index < -0.39 is 12.2 Å². The molecule has 1 aromatic heterocycles. The van der Waals surface area contributed by atoms with Gasteiger partial charge in [-0.05, 0) is 104 Å². The van der Waals surface area contributed by atoms with Crippen LogP contribution in [0.4, 0.5) is 16.2 Å². The van der Waals surface area contributed by atoms with Gasteiger partial charge in [-0.15, -0.1) is 0 Å². The number of nitrogens with one attached hydrogen (secondary N) is 3. The highest BCUT2D eigenvalue weighted by molar-refractivity contribution is 5.94. The maximum Gasteiger partial charge on any atom is 0.412 e. The number of aromatic hydroxyl groups is 1. The van der Waals surface area contributed by atoms with Crippen LogP contribution in [0.15, 0.2) is 108 Å². The summed E-state index contributed by atoms with van der Waals surface area (Å²) in [5.41, 5.74) is 5.02. The van der Waals surface area contributed by atoms with Gasteiger partial charge in [0.05, 0.1) is 17.3 Å². The van der Waals surface area contributed by atoms with E-state index in [1.54, 1.807) is 21.9 Å². The molecule has 1 saturated heterocycles. The van der Waals surface area contributed by atoms with Crippen LogP contribution in [-0.2, 0) is 16.1 Å². The van der Waals surface area contributed by atoms with Crippen molar-refractivity contribution < 1.29 is 29.7 Å². The zero-order valence-electron chi connectivity index (χ0n) is 34.7. The van der Waals surface area contributed by atoms with Crippen LogP contribution in [0.2, 0.25) is 0 Å². The summed E-state index contributed by atoms with van der Waals surface area (Å²) in [5, 5.41) is 38.0. The predicted octanol–water partition coefficient (Wildman–Crippen LogP) is 7.11. The molecule has 2 heterocycles. The largest absolute Gasteiger partial charge is 0.506 e. The summed E-state index contributed by atoms with van der Waals surface area (Å²) in [5.74, 6) is -0.0456. The maximum atomic E-state index is 13.0. The Morgan fingerprint density at radius 2 is 1.61 bits per heavy atom. The number of likely N-dealkylation sites (tertiary alicyclic amines) is 1. The van der Waals surface area contributed by atoms with Crippen LogP contribution in [0.1, 0.15) is 68.6 Å². The molecule has 3 amide bonds. The number of anilines is 2. The number of nitrogens with zero attached hydrogens (tertiary/aromatic N) is 3. The molecule has 6 N–H and O–H groups in total. The molecule has 1 spiro atoms. The lowest BCUT2D eigenvalue weighted by Crippen LogP contribution is -2.56. The lowest BCUT2D eigenvalue weighted by molar-refractivity contribution is -0.130. The Hall–Kier alpha value is -6.02. The number of hydrogen-bond donors (Lipinski definition) is 6. The van der Waals surface area contributed by atoms with Gasteiger partial charge in [0.15, 0.2) is 0 Å². The Bertz CT molecular complexity index is 2350. The molecule has 5 aromatic rings. The van der Waals surface area contributed by atoms with E-state index in [1.165, 1.54) is 12.1 Å². The molecule has 61 heavy (non-hydrogen) atoms. The summed E-state index contributed by atoms with van der Waals surface area (Å²) >= 11 is 0. The molecular formula is C48H56N6O7. The number of H-pyrrole nitrogens is 1. The van der Waals surface area contributed by atoms with Gasteiger partial charge in [0.25, 0.3) is 0 Å². The van der Waals surface area contributed by atoms with Gasteiger partial charge >= 0.3 is 6.09 Å². The van der Waals surface area contributed by atoms with Crippen LogP contribution in [0.5, 0.6) is 5.75 Å². The quantitative estimate of drug-likeness (QED) is 0.0533. The number of carboxylic acid groups (broad SMARTS) is 1. The lowest BCUT2D eigenvalue weighted by Gasteiger charge is -2.54. The fourth-order valence-electron chi connectivity index (χ4n) is 8.93. The topological polar surface area (TPSA) is 179 Å². The number of carbonyl (C=O) groups is 3. The molecule has 1 aliphatic carbocycles. The molecule has 0 bridgehead atoms. The second kappa shape index (κ2) is 19.6. The molecule has 1 atom stereocenters. The van der Waals surface area contributed by atoms with E-state index in [9.17, 15) is 34.5 Å². The van der Waals surface area contributed by atoms with Crippen LogP contribution in [0.3, 0.4) is 0 Å². The van der Waals surface area contributed by atoms with Gasteiger partial charge in [0.2, 0.25) is 17.4 Å². The zero-order chi connectivity index (χ0) is 42.9. The number of benzene rings is 4. The molecule has 2 aliphatic rings. The summed E-state index contributed by atoms with van der Waals surface area (Å²) in [6.45, 7) is 3.84. The monoisotopic (exact) mass is 828 g/mol. The number of aliphatic hydroxyl groups excluding tert-OH is 1. The third kappa shape index (κ3) is 10.7. The Balaban J connectivity index is 0.759. The SMILES string of the molecule is CN(CCCCC(=O)Nc1ccc(CNC[C@H](O)c2ccc(O)c3[nH]c(=O)ccc23)cc1)C(=O)CCN1CCC2(CC1)CC(N(C(=O)O)c1ccccc1-c1ccccc1)C2. The standard InChI is InChI=1S/C48H56N6O7/c1-52(25-8-7-13-43(57)50-35-16-14-33(15-17-35)31-49-32-42(56)38-18-20-41(55)46-39(38)19-21-44(58)51-46)45(59)22-26-53-27-23-48(24-28-53)29-36(30-48)54(47(60)61)40-12-6-5-11-37(40)34-9-3-2-4-10-34/h2-6,9-12,14-21,36,42,49,55-56H,7-8,13,22-32H2,1H3,(H,50,57)(H,51,58)(H,60,61)/t42-/m0/s1. The molecule has 7 rings (SSSR count). The number of unbranched alkanes of at least 4 members (excludes halogenated alkanes) is 1. The van der Waals surface area contributed by atoms with Crippen molar-refractivity contribution in [3.8, 4) is 16.9 Å². The molecule has 2 fully saturated rings. The molecular weight excluding hydrogens is 773 g/mol. The van der Waals surface area contributed by atoms with Crippen molar-refractivity contribution in [3.63, 3.8) is 0 Å². The van der Waals surface area contributed by atoms with E-state index in [2.05, 4.69) is 20.5 Å². The maximum absolute atomic E-state index is 13.0. The van der Waals surface area contributed by atoms with Crippen molar-refractivity contribution >= 4 is 40.2 Å². The second-order valence-electron chi connectivity index (χ2n) is 16.6. The van der Waals surface area contributed by atoms with E-state index >= 15 is 0 Å². The van der Waals surface area contributed by atoms with Gasteiger partial charge in [-0.3, -0.25) is 19.3 Å². The number of para-hydroxylation sites is 1. The van der Waals surface area contributed by atoms with Gasteiger partial charge in [-0.2, -0.15) is 0 Å². The molecule has 13 nitrogen and oxygen atoms in total. The first kappa shape index (κ1) is 43.1. The first-order valence-electron chi connectivity index (χ1n) is 21.2. The Labute approximate surface area is 356 Å². The number of hydrogen-bond acceptors (Lipinski definition) is 8. The van der Waals surface area contributed by atoms with Gasteiger partial charge in [0, 0.05) is 74.8 Å². The zero-order valence-corrected chi connectivity index (χ0v) is 34.7. The van der Waals surface area contributed by atoms with Crippen molar-refractivity contribution in [2.24, 2.45) is 5.41 Å². The van der Waals surface area contributed by atoms with Crippen LogP contribution >= 0.6 is 0 Å². The van der Waals surface area contributed by atoms with Crippen molar-refractivity contribution in [1.29, 1.82) is 0 Å². The first-order chi connectivity index (χ1) is 29.5. The van der Waals surface area contributed by atoms with Crippen LogP contribution in [-0.4, -0.2) is 93.8 Å². The van der Waals surface area contributed by atoms with Gasteiger partial charge in [0.1, 0.15) is 5.75 Å². The van der Waals surface area contributed by atoms with Crippen LogP contribution in [0.25, 0.3) is 22.0 Å². The number of phenolic OH excluding ortho intramolecular Hbond substituents is 1. The molecule has 1 saturated carbocycles. The number of aromatic amines is 1. The van der Waals surface area contributed by atoms with Crippen LogP contribution in [0, 0.1) is 5.41 Å². The number of phenols is 1. The summed E-state index contributed by atoms with van der Waals surface area (Å²) in [6.07, 6.45) is 4.10. The average Bonchev–Trinajstić information content (AvgIpc) is 3.25. The second-order valence-corrected chi connectivity index (χ2v) is 16.6. The number of aromatic nitrogens is 1. The van der Waals surface area contributed by atoms with E-state index in [0.717, 1.165) is 67.6 Å². The minimum absolute atomic E-state index is 0.0535. The number of fused-ring (bicyclic) bond motifs is 1. The summed E-state index contributed by atoms with van der Waals surface area (Å²) in [4.78, 5) is 58.2. The van der Waals surface area contributed by atoms with Gasteiger partial charge in [-0.25, -0.2) is 4.79 Å². The van der Waals surface area contributed by atoms with Crippen molar-refractivity contribution in [1.82, 2.24) is 20.1 Å². The summed E-state index contributed by atoms with van der Waals surface area (Å²) < 4.78 is 0. The number of aliphatic hydroxyl groups is 1. The Morgan fingerprint density at radius 1 is 0.885 bits per heavy atom. The smallest absolute Gasteiger partial charge is 0.412 e. The fraction of sp³-hybridized carbons (Fsp3) is 0.375. The fourth-order valence-corrected chi connectivity index (χ4v) is 8.93. The molecule has 320 valence electrons. The highest BCUT2D eigenvalue weighted by atomic mass is 16.4. The lowest BCUT2D eigenvalue weighted by atomic mass is 9.60. The first-order valence-corrected chi connectivity index (χ1v) is 21.2. The number of amides is 3. The molecule has 1 aliphatic heterocycles. The molecule has 0 unspecified atom stereocenters. The number of piperidine rings is 1. The third-order valence-corrected chi connectivity index (χ3v) is 12.5.